The maximum absolute atomic E-state index is 14.8. The normalized spacial score (nSPS) is 14.3. The fraction of sp³-hybridized carbons (Fsp3) is 0.344. The fourth-order valence-electron chi connectivity index (χ4n) is 4.51. The molecule has 1 saturated carbocycles. The number of rotatable bonds is 15. The average molecular weight is 580 g/mol. The van der Waals surface area contributed by atoms with Gasteiger partial charge in [0.15, 0.2) is 0 Å². The Morgan fingerprint density at radius 2 is 1.98 bits per heavy atom. The summed E-state index contributed by atoms with van der Waals surface area (Å²) in [5, 5.41) is 19.5. The van der Waals surface area contributed by atoms with Gasteiger partial charge < -0.3 is 20.5 Å². The molecule has 0 spiro atoms. The number of allylic oxidation sites excluding steroid dienone is 5. The van der Waals surface area contributed by atoms with Crippen LogP contribution >= 0.6 is 0 Å². The van der Waals surface area contributed by atoms with Crippen LogP contribution in [-0.4, -0.2) is 46.8 Å². The van der Waals surface area contributed by atoms with Crippen LogP contribution < -0.4 is 15.4 Å². The Kier molecular flexibility index (Phi) is 11.6. The molecule has 3 N–H and O–H groups in total. The van der Waals surface area contributed by atoms with Crippen molar-refractivity contribution >= 4 is 17.8 Å². The maximum Gasteiger partial charge on any atom is 0.253 e. The summed E-state index contributed by atoms with van der Waals surface area (Å²) in [6.45, 7) is 15.3. The van der Waals surface area contributed by atoms with Gasteiger partial charge in [0.2, 0.25) is 0 Å². The van der Waals surface area contributed by atoms with Crippen molar-refractivity contribution in [2.24, 2.45) is 4.99 Å². The van der Waals surface area contributed by atoms with Gasteiger partial charge >= 0.3 is 0 Å². The second kappa shape index (κ2) is 15.1. The van der Waals surface area contributed by atoms with E-state index in [1.807, 2.05) is 13.8 Å². The lowest BCUT2D eigenvalue weighted by Crippen LogP contribution is -2.30. The van der Waals surface area contributed by atoms with Gasteiger partial charge in [-0.25, -0.2) is 8.78 Å². The number of ether oxygens (including phenoxy) is 1. The minimum absolute atomic E-state index is 0.0613. The number of nitrogens with one attached hydrogen (secondary N) is 2. The molecule has 42 heavy (non-hydrogen) atoms. The van der Waals surface area contributed by atoms with Crippen molar-refractivity contribution in [2.45, 2.75) is 53.0 Å². The first-order chi connectivity index (χ1) is 20.1. The van der Waals surface area contributed by atoms with Crippen LogP contribution in [0, 0.1) is 18.6 Å². The number of carbonyl (C=O) groups excluding carboxylic acids is 1. The first kappa shape index (κ1) is 32.2. The zero-order chi connectivity index (χ0) is 30.8. The summed E-state index contributed by atoms with van der Waals surface area (Å²) in [6, 6.07) is 2.39. The molecule has 8 nitrogen and oxygen atoms in total. The molecular formula is C32H39F2N5O3. The van der Waals surface area contributed by atoms with E-state index in [1.54, 1.807) is 49.0 Å². The summed E-state index contributed by atoms with van der Waals surface area (Å²) < 4.78 is 36.6. The zero-order valence-corrected chi connectivity index (χ0v) is 24.6. The Hall–Kier alpha value is -4.31. The molecule has 0 radical (unpaired) electrons. The predicted molar refractivity (Wildman–Crippen MR) is 162 cm³/mol. The van der Waals surface area contributed by atoms with Crippen molar-refractivity contribution in [3.05, 3.63) is 101 Å². The first-order valence-corrected chi connectivity index (χ1v) is 13.9. The molecule has 1 aromatic heterocycles. The molecule has 3 rings (SSSR count). The van der Waals surface area contributed by atoms with Crippen LogP contribution in [0.4, 0.5) is 8.78 Å². The molecule has 0 aliphatic heterocycles. The molecule has 1 heterocycles. The number of halogens is 2. The molecule has 1 fully saturated rings. The van der Waals surface area contributed by atoms with Crippen LogP contribution in [-0.2, 0) is 11.3 Å². The van der Waals surface area contributed by atoms with E-state index in [-0.39, 0.29) is 42.8 Å². The second-order valence-electron chi connectivity index (χ2n) is 9.79. The monoisotopic (exact) mass is 579 g/mol. The summed E-state index contributed by atoms with van der Waals surface area (Å²) >= 11 is 0. The van der Waals surface area contributed by atoms with Gasteiger partial charge in [0.05, 0.1) is 36.7 Å². The Labute approximate surface area is 245 Å². The quantitative estimate of drug-likeness (QED) is 0.148. The van der Waals surface area contributed by atoms with E-state index in [9.17, 15) is 13.6 Å². The summed E-state index contributed by atoms with van der Waals surface area (Å²) in [6.07, 6.45) is 10.2. The van der Waals surface area contributed by atoms with Crippen LogP contribution in [0.25, 0.3) is 5.70 Å². The summed E-state index contributed by atoms with van der Waals surface area (Å²) in [7, 11) is 0. The number of benzene rings is 1. The van der Waals surface area contributed by atoms with Gasteiger partial charge in [-0.3, -0.25) is 14.5 Å². The first-order valence-electron chi connectivity index (χ1n) is 13.9. The molecule has 1 aliphatic rings. The van der Waals surface area contributed by atoms with Gasteiger partial charge in [-0.2, -0.15) is 5.10 Å². The topological polar surface area (TPSA) is 101 Å². The molecule has 10 heteroatoms. The molecule has 224 valence electrons. The van der Waals surface area contributed by atoms with E-state index in [0.29, 0.717) is 35.0 Å². The number of amides is 1. The number of hydrogen-bond donors (Lipinski definition) is 3. The highest BCUT2D eigenvalue weighted by molar-refractivity contribution is 5.97. The van der Waals surface area contributed by atoms with Gasteiger partial charge in [0, 0.05) is 53.3 Å². The van der Waals surface area contributed by atoms with Crippen molar-refractivity contribution in [2.75, 3.05) is 19.8 Å². The predicted octanol–water partition coefficient (Wildman–Crippen LogP) is 5.45. The number of aliphatic hydroxyl groups is 1. The average Bonchev–Trinajstić information content (AvgIpc) is 3.72. The highest BCUT2D eigenvalue weighted by atomic mass is 19.1. The van der Waals surface area contributed by atoms with Crippen LogP contribution in [0.15, 0.2) is 71.6 Å². The maximum atomic E-state index is 14.8. The number of hydrogen-bond acceptors (Lipinski definition) is 6. The third-order valence-electron chi connectivity index (χ3n) is 6.60. The van der Waals surface area contributed by atoms with E-state index in [2.05, 4.69) is 33.9 Å². The van der Waals surface area contributed by atoms with Crippen molar-refractivity contribution in [1.82, 2.24) is 20.4 Å². The SMILES string of the molecule is C=C/C=C(N/C(C)=C/C=N\C(=C)c1nn(Cc2c(F)cc(OCC)cc2F)c(C2CC2)c1C)\C(=C/C)C(=O)NCCO. The Morgan fingerprint density at radius 3 is 2.55 bits per heavy atom. The van der Waals surface area contributed by atoms with E-state index >= 15 is 0 Å². The fourth-order valence-corrected chi connectivity index (χ4v) is 4.51. The molecule has 0 atom stereocenters. The molecule has 1 amide bonds. The molecule has 0 bridgehead atoms. The van der Waals surface area contributed by atoms with Crippen molar-refractivity contribution in [3.8, 4) is 5.75 Å². The van der Waals surface area contributed by atoms with Gasteiger partial charge in [-0.15, -0.1) is 0 Å². The molecule has 0 unspecified atom stereocenters. The summed E-state index contributed by atoms with van der Waals surface area (Å²) in [5.41, 5.74) is 4.31. The number of aliphatic hydroxyl groups excluding tert-OH is 1. The van der Waals surface area contributed by atoms with Crippen LogP contribution in [0.1, 0.15) is 62.0 Å². The number of nitrogens with zero attached hydrogens (tertiary/aromatic N) is 3. The standard InChI is InChI=1S/C32H39F2N5O3/c1-7-10-29(25(8-2)32(41)36-15-16-40)37-20(4)13-14-35-22(6)30-21(5)31(23-11-12-23)39(38-30)19-26-27(33)17-24(42-9-3)18-28(26)34/h7-8,10,13-14,17-18,23,37,40H,1,6,9,11-12,15-16,19H2,2-5H3,(H,36,41)/b20-13+,25-8+,29-10+,35-14-. The Bertz CT molecular complexity index is 1430. The minimum atomic E-state index is -0.684. The lowest BCUT2D eigenvalue weighted by atomic mass is 10.1. The molecule has 0 saturated heterocycles. The number of carbonyl (C=O) groups is 1. The third-order valence-corrected chi connectivity index (χ3v) is 6.60. The van der Waals surface area contributed by atoms with Crippen LogP contribution in [0.5, 0.6) is 5.75 Å². The largest absolute Gasteiger partial charge is 0.494 e. The lowest BCUT2D eigenvalue weighted by molar-refractivity contribution is -0.117. The van der Waals surface area contributed by atoms with E-state index < -0.39 is 11.6 Å². The highest BCUT2D eigenvalue weighted by Gasteiger charge is 2.32. The van der Waals surface area contributed by atoms with Crippen molar-refractivity contribution in [1.29, 1.82) is 0 Å². The molecule has 1 aromatic carbocycles. The Balaban J connectivity index is 1.80. The Morgan fingerprint density at radius 1 is 1.29 bits per heavy atom. The minimum Gasteiger partial charge on any atom is -0.494 e. The van der Waals surface area contributed by atoms with Crippen LogP contribution in [0.3, 0.4) is 0 Å². The van der Waals surface area contributed by atoms with E-state index in [0.717, 1.165) is 24.1 Å². The smallest absolute Gasteiger partial charge is 0.253 e. The number of aromatic nitrogens is 2. The van der Waals surface area contributed by atoms with E-state index in [1.165, 1.54) is 12.1 Å². The third kappa shape index (κ3) is 8.13. The van der Waals surface area contributed by atoms with Gasteiger partial charge in [0.25, 0.3) is 5.91 Å². The molecular weight excluding hydrogens is 540 g/mol. The van der Waals surface area contributed by atoms with Gasteiger partial charge in [-0.1, -0.05) is 25.3 Å². The summed E-state index contributed by atoms with van der Waals surface area (Å²) in [4.78, 5) is 16.9. The van der Waals surface area contributed by atoms with Gasteiger partial charge in [-0.05, 0) is 52.7 Å². The lowest BCUT2D eigenvalue weighted by Gasteiger charge is -2.14. The summed E-state index contributed by atoms with van der Waals surface area (Å²) in [5.74, 6) is -1.28. The van der Waals surface area contributed by atoms with E-state index in [4.69, 9.17) is 9.84 Å². The molecule has 2 aromatic rings. The second-order valence-corrected chi connectivity index (χ2v) is 9.79. The zero-order valence-electron chi connectivity index (χ0n) is 24.6. The van der Waals surface area contributed by atoms with Gasteiger partial charge in [0.1, 0.15) is 23.1 Å². The number of aliphatic imine (C=N–C) groups is 1. The highest BCUT2D eigenvalue weighted by Crippen LogP contribution is 2.43. The van der Waals surface area contributed by atoms with Crippen LogP contribution in [0.2, 0.25) is 0 Å². The van der Waals surface area contributed by atoms with Crippen molar-refractivity contribution < 1.29 is 23.4 Å². The van der Waals surface area contributed by atoms with Crippen molar-refractivity contribution in [3.63, 3.8) is 0 Å². The molecule has 1 aliphatic carbocycles.